The molecule has 2 N–H and O–H groups in total. The van der Waals surface area contributed by atoms with Crippen LogP contribution < -0.4 is 5.73 Å². The van der Waals surface area contributed by atoms with Gasteiger partial charge in [-0.05, 0) is 11.6 Å². The van der Waals surface area contributed by atoms with Gasteiger partial charge in [-0.1, -0.05) is 41.9 Å². The van der Waals surface area contributed by atoms with Crippen LogP contribution in [0.1, 0.15) is 21.8 Å². The number of pyridine rings is 1. The van der Waals surface area contributed by atoms with E-state index >= 15 is 0 Å². The molecule has 5 heteroatoms. The Morgan fingerprint density at radius 2 is 2.00 bits per heavy atom. The Kier molecular flexibility index (Phi) is 3.90. The Balaban J connectivity index is 1.80. The van der Waals surface area contributed by atoms with Crippen LogP contribution in [0.15, 0.2) is 48.8 Å². The molecule has 1 aliphatic heterocycles. The molecule has 3 rings (SSSR count). The SMILES string of the molecule is N[C@@H]1CN(C(=O)c2ccncc2Cl)C[C@H]1c1ccccc1. The third-order valence-corrected chi connectivity index (χ3v) is 4.18. The molecule has 0 unspecified atom stereocenters. The second kappa shape index (κ2) is 5.84. The highest BCUT2D eigenvalue weighted by Crippen LogP contribution is 2.28. The zero-order valence-electron chi connectivity index (χ0n) is 11.4. The van der Waals surface area contributed by atoms with Crippen molar-refractivity contribution in [1.29, 1.82) is 0 Å². The molecule has 4 nitrogen and oxygen atoms in total. The minimum Gasteiger partial charge on any atom is -0.336 e. The number of aromatic nitrogens is 1. The second-order valence-corrected chi connectivity index (χ2v) is 5.65. The van der Waals surface area contributed by atoms with E-state index in [0.29, 0.717) is 23.7 Å². The van der Waals surface area contributed by atoms with Gasteiger partial charge in [-0.25, -0.2) is 0 Å². The van der Waals surface area contributed by atoms with Gasteiger partial charge in [0, 0.05) is 37.4 Å². The molecule has 21 heavy (non-hydrogen) atoms. The summed E-state index contributed by atoms with van der Waals surface area (Å²) in [5.74, 6) is 0.0760. The fraction of sp³-hybridized carbons (Fsp3) is 0.250. The van der Waals surface area contributed by atoms with Gasteiger partial charge in [0.15, 0.2) is 0 Å². The molecule has 2 atom stereocenters. The summed E-state index contributed by atoms with van der Waals surface area (Å²) in [6, 6.07) is 11.7. The maximum atomic E-state index is 12.5. The number of halogens is 1. The summed E-state index contributed by atoms with van der Waals surface area (Å²) in [5, 5.41) is 0.374. The van der Waals surface area contributed by atoms with Gasteiger partial charge in [0.05, 0.1) is 10.6 Å². The maximum absolute atomic E-state index is 12.5. The van der Waals surface area contributed by atoms with E-state index in [0.717, 1.165) is 0 Å². The maximum Gasteiger partial charge on any atom is 0.255 e. The van der Waals surface area contributed by atoms with Crippen molar-refractivity contribution < 1.29 is 4.79 Å². The van der Waals surface area contributed by atoms with Gasteiger partial charge < -0.3 is 10.6 Å². The van der Waals surface area contributed by atoms with Crippen LogP contribution in [0.2, 0.25) is 5.02 Å². The van der Waals surface area contributed by atoms with Gasteiger partial charge in [-0.15, -0.1) is 0 Å². The van der Waals surface area contributed by atoms with E-state index in [4.69, 9.17) is 17.3 Å². The molecule has 1 saturated heterocycles. The summed E-state index contributed by atoms with van der Waals surface area (Å²) < 4.78 is 0. The van der Waals surface area contributed by atoms with E-state index in [-0.39, 0.29) is 17.9 Å². The number of amides is 1. The normalized spacial score (nSPS) is 21.5. The van der Waals surface area contributed by atoms with Crippen LogP contribution in [0.5, 0.6) is 0 Å². The highest BCUT2D eigenvalue weighted by Gasteiger charge is 2.34. The molecule has 2 heterocycles. The molecule has 1 aliphatic rings. The van der Waals surface area contributed by atoms with Crippen LogP contribution in [-0.2, 0) is 0 Å². The van der Waals surface area contributed by atoms with Crippen molar-refractivity contribution in [3.8, 4) is 0 Å². The van der Waals surface area contributed by atoms with Gasteiger partial charge >= 0.3 is 0 Å². The quantitative estimate of drug-likeness (QED) is 0.926. The van der Waals surface area contributed by atoms with Crippen LogP contribution in [0, 0.1) is 0 Å². The van der Waals surface area contributed by atoms with Crippen molar-refractivity contribution in [3.05, 3.63) is 64.9 Å². The minimum absolute atomic E-state index is 0.0584. The fourth-order valence-corrected chi connectivity index (χ4v) is 2.97. The molecular formula is C16H16ClN3O. The molecule has 2 aromatic rings. The van der Waals surface area contributed by atoms with E-state index in [1.165, 1.54) is 11.8 Å². The van der Waals surface area contributed by atoms with Crippen molar-refractivity contribution in [3.63, 3.8) is 0 Å². The first-order valence-corrected chi connectivity index (χ1v) is 7.24. The molecule has 108 valence electrons. The molecule has 0 aliphatic carbocycles. The molecule has 0 bridgehead atoms. The van der Waals surface area contributed by atoms with Gasteiger partial charge in [0.2, 0.25) is 0 Å². The zero-order chi connectivity index (χ0) is 14.8. The number of benzene rings is 1. The zero-order valence-corrected chi connectivity index (χ0v) is 12.2. The molecule has 1 amide bonds. The lowest BCUT2D eigenvalue weighted by atomic mass is 9.95. The van der Waals surface area contributed by atoms with Crippen LogP contribution in [-0.4, -0.2) is 34.9 Å². The summed E-state index contributed by atoms with van der Waals surface area (Å²) in [4.78, 5) is 18.2. The lowest BCUT2D eigenvalue weighted by molar-refractivity contribution is 0.0789. The Hall–Kier alpha value is -1.91. The topological polar surface area (TPSA) is 59.2 Å². The Bertz CT molecular complexity index is 647. The van der Waals surface area contributed by atoms with E-state index in [1.54, 1.807) is 17.2 Å². The van der Waals surface area contributed by atoms with E-state index < -0.39 is 0 Å². The van der Waals surface area contributed by atoms with Crippen LogP contribution in [0.25, 0.3) is 0 Å². The monoisotopic (exact) mass is 301 g/mol. The standard InChI is InChI=1S/C16H16ClN3O/c17-14-8-19-7-6-12(14)16(21)20-9-13(15(18)10-20)11-4-2-1-3-5-11/h1-8,13,15H,9-10,18H2/t13-,15+/m0/s1. The van der Waals surface area contributed by atoms with Crippen molar-refractivity contribution in [2.75, 3.05) is 13.1 Å². The summed E-state index contributed by atoms with van der Waals surface area (Å²) in [6.45, 7) is 1.15. The number of hydrogen-bond donors (Lipinski definition) is 1. The van der Waals surface area contributed by atoms with E-state index in [9.17, 15) is 4.79 Å². The predicted molar refractivity (Wildman–Crippen MR) is 82.3 cm³/mol. The molecule has 1 aromatic carbocycles. The largest absolute Gasteiger partial charge is 0.336 e. The number of hydrogen-bond acceptors (Lipinski definition) is 3. The van der Waals surface area contributed by atoms with Gasteiger partial charge in [-0.2, -0.15) is 0 Å². The average Bonchev–Trinajstić information content (AvgIpc) is 2.90. The summed E-state index contributed by atoms with van der Waals surface area (Å²) in [5.41, 5.74) is 7.86. The molecule has 0 saturated carbocycles. The molecule has 0 spiro atoms. The van der Waals surface area contributed by atoms with E-state index in [1.807, 2.05) is 18.2 Å². The predicted octanol–water partition coefficient (Wildman–Crippen LogP) is 2.30. The fourth-order valence-electron chi connectivity index (χ4n) is 2.77. The minimum atomic E-state index is -0.0868. The average molecular weight is 302 g/mol. The molecule has 0 radical (unpaired) electrons. The van der Waals surface area contributed by atoms with Crippen molar-refractivity contribution in [1.82, 2.24) is 9.88 Å². The van der Waals surface area contributed by atoms with E-state index in [2.05, 4.69) is 17.1 Å². The van der Waals surface area contributed by atoms with Crippen molar-refractivity contribution in [2.24, 2.45) is 5.73 Å². The Morgan fingerprint density at radius 3 is 2.71 bits per heavy atom. The molecular weight excluding hydrogens is 286 g/mol. The number of carbonyl (C=O) groups excluding carboxylic acids is 1. The summed E-state index contributed by atoms with van der Waals surface area (Å²) in [6.07, 6.45) is 3.06. The Morgan fingerprint density at radius 1 is 1.24 bits per heavy atom. The number of carbonyl (C=O) groups is 1. The van der Waals surface area contributed by atoms with Crippen molar-refractivity contribution >= 4 is 17.5 Å². The van der Waals surface area contributed by atoms with Crippen molar-refractivity contribution in [2.45, 2.75) is 12.0 Å². The lowest BCUT2D eigenvalue weighted by Crippen LogP contribution is -2.32. The third kappa shape index (κ3) is 2.77. The number of nitrogens with two attached hydrogens (primary N) is 1. The lowest BCUT2D eigenvalue weighted by Gasteiger charge is -2.17. The van der Waals surface area contributed by atoms with Crippen LogP contribution >= 0.6 is 11.6 Å². The van der Waals surface area contributed by atoms with Gasteiger partial charge in [-0.3, -0.25) is 9.78 Å². The van der Waals surface area contributed by atoms with Crippen LogP contribution in [0.4, 0.5) is 0 Å². The number of rotatable bonds is 2. The van der Waals surface area contributed by atoms with Gasteiger partial charge in [0.25, 0.3) is 5.91 Å². The highest BCUT2D eigenvalue weighted by atomic mass is 35.5. The molecule has 1 aromatic heterocycles. The first-order valence-electron chi connectivity index (χ1n) is 6.86. The highest BCUT2D eigenvalue weighted by molar-refractivity contribution is 6.33. The first kappa shape index (κ1) is 14.0. The van der Waals surface area contributed by atoms with Crippen LogP contribution in [0.3, 0.4) is 0 Å². The Labute approximate surface area is 128 Å². The number of likely N-dealkylation sites (tertiary alicyclic amines) is 1. The number of nitrogens with zero attached hydrogens (tertiary/aromatic N) is 2. The molecule has 1 fully saturated rings. The second-order valence-electron chi connectivity index (χ2n) is 5.25. The summed E-state index contributed by atoms with van der Waals surface area (Å²) in [7, 11) is 0. The smallest absolute Gasteiger partial charge is 0.255 e. The third-order valence-electron chi connectivity index (χ3n) is 3.88. The first-order chi connectivity index (χ1) is 10.2. The van der Waals surface area contributed by atoms with Gasteiger partial charge in [0.1, 0.15) is 0 Å². The summed E-state index contributed by atoms with van der Waals surface area (Å²) >= 11 is 6.05.